The third kappa shape index (κ3) is 6.09. The summed E-state index contributed by atoms with van der Waals surface area (Å²) in [5.74, 6) is -0.0776. The highest BCUT2D eigenvalue weighted by molar-refractivity contribution is 7.89. The van der Waals surface area contributed by atoms with Crippen LogP contribution in [0.5, 0.6) is 11.5 Å². The van der Waals surface area contributed by atoms with Gasteiger partial charge in [0.2, 0.25) is 15.9 Å². The molecule has 0 saturated carbocycles. The van der Waals surface area contributed by atoms with Crippen LogP contribution in [-0.4, -0.2) is 39.4 Å². The predicted octanol–water partition coefficient (Wildman–Crippen LogP) is 3.98. The van der Waals surface area contributed by atoms with E-state index in [0.29, 0.717) is 22.7 Å². The first-order valence-electron chi connectivity index (χ1n) is 10.1. The molecule has 0 saturated heterocycles. The van der Waals surface area contributed by atoms with Gasteiger partial charge >= 0.3 is 0 Å². The molecule has 0 spiro atoms. The molecule has 174 valence electrons. The second-order valence-corrected chi connectivity index (χ2v) is 9.26. The summed E-state index contributed by atoms with van der Waals surface area (Å²) in [6.07, 6.45) is 0. The molecule has 0 aromatic heterocycles. The average molecular weight is 473 g/mol. The highest BCUT2D eigenvalue weighted by atomic mass is 32.2. The van der Waals surface area contributed by atoms with E-state index in [0.717, 1.165) is 9.87 Å². The van der Waals surface area contributed by atoms with E-state index in [4.69, 9.17) is 9.47 Å². The standard InChI is InChI=1S/C24H25FN2O5S/c1-17-4-11-21(12-5-17)33(29,30)27(15-18-6-8-19(25)9-7-18)16-24(28)26-22-13-10-20(31-2)14-23(22)32-3/h4-14H,15-16H2,1-3H3,(H,26,28). The van der Waals surface area contributed by atoms with Crippen LogP contribution in [0.4, 0.5) is 10.1 Å². The molecule has 0 bridgehead atoms. The summed E-state index contributed by atoms with van der Waals surface area (Å²) in [5, 5.41) is 2.69. The van der Waals surface area contributed by atoms with Crippen LogP contribution >= 0.6 is 0 Å². The van der Waals surface area contributed by atoms with Gasteiger partial charge in [-0.1, -0.05) is 29.8 Å². The third-order valence-electron chi connectivity index (χ3n) is 4.93. The number of carbonyl (C=O) groups is 1. The second-order valence-electron chi connectivity index (χ2n) is 7.33. The molecule has 0 radical (unpaired) electrons. The Morgan fingerprint density at radius 1 is 0.970 bits per heavy atom. The minimum Gasteiger partial charge on any atom is -0.497 e. The van der Waals surface area contributed by atoms with E-state index in [1.54, 1.807) is 30.3 Å². The Kier molecular flexibility index (Phi) is 7.67. The number of methoxy groups -OCH3 is 2. The molecular weight excluding hydrogens is 447 g/mol. The number of nitrogens with zero attached hydrogens (tertiary/aromatic N) is 1. The highest BCUT2D eigenvalue weighted by Crippen LogP contribution is 2.29. The maximum absolute atomic E-state index is 13.3. The number of rotatable bonds is 9. The smallest absolute Gasteiger partial charge is 0.243 e. The third-order valence-corrected chi connectivity index (χ3v) is 6.74. The van der Waals surface area contributed by atoms with Gasteiger partial charge in [-0.2, -0.15) is 4.31 Å². The minimum absolute atomic E-state index is 0.0602. The van der Waals surface area contributed by atoms with E-state index in [1.807, 2.05) is 6.92 Å². The number of anilines is 1. The molecule has 7 nitrogen and oxygen atoms in total. The molecule has 0 heterocycles. The number of carbonyl (C=O) groups excluding carboxylic acids is 1. The highest BCUT2D eigenvalue weighted by Gasteiger charge is 2.27. The van der Waals surface area contributed by atoms with E-state index in [2.05, 4.69) is 5.32 Å². The summed E-state index contributed by atoms with van der Waals surface area (Å²) in [6, 6.07) is 16.7. The molecule has 0 fully saturated rings. The first-order valence-corrected chi connectivity index (χ1v) is 11.5. The van der Waals surface area contributed by atoms with E-state index in [9.17, 15) is 17.6 Å². The van der Waals surface area contributed by atoms with Gasteiger partial charge in [0.15, 0.2) is 0 Å². The summed E-state index contributed by atoms with van der Waals surface area (Å²) < 4.78 is 51.5. The average Bonchev–Trinajstić information content (AvgIpc) is 2.80. The fraction of sp³-hybridized carbons (Fsp3) is 0.208. The SMILES string of the molecule is COc1ccc(NC(=O)CN(Cc2ccc(F)cc2)S(=O)(=O)c2ccc(C)cc2)c(OC)c1. The molecule has 33 heavy (non-hydrogen) atoms. The number of amides is 1. The van der Waals surface area contributed by atoms with Crippen LogP contribution in [-0.2, 0) is 21.4 Å². The maximum atomic E-state index is 13.3. The molecule has 0 unspecified atom stereocenters. The maximum Gasteiger partial charge on any atom is 0.243 e. The number of sulfonamides is 1. The van der Waals surface area contributed by atoms with Gasteiger partial charge in [-0.15, -0.1) is 0 Å². The van der Waals surface area contributed by atoms with Crippen molar-refractivity contribution in [3.63, 3.8) is 0 Å². The zero-order chi connectivity index (χ0) is 24.0. The van der Waals surface area contributed by atoms with Crippen molar-refractivity contribution < 1.29 is 27.1 Å². The first-order chi connectivity index (χ1) is 15.7. The number of hydrogen-bond acceptors (Lipinski definition) is 5. The van der Waals surface area contributed by atoms with Crippen molar-refractivity contribution in [1.82, 2.24) is 4.31 Å². The molecule has 0 aliphatic carbocycles. The van der Waals surface area contributed by atoms with Gasteiger partial charge in [-0.3, -0.25) is 4.79 Å². The predicted molar refractivity (Wildman–Crippen MR) is 123 cm³/mol. The molecule has 9 heteroatoms. The fourth-order valence-corrected chi connectivity index (χ4v) is 4.51. The summed E-state index contributed by atoms with van der Waals surface area (Å²) >= 11 is 0. The Labute approximate surface area is 192 Å². The van der Waals surface area contributed by atoms with Crippen molar-refractivity contribution in [2.75, 3.05) is 26.1 Å². The number of aryl methyl sites for hydroxylation is 1. The van der Waals surface area contributed by atoms with Gasteiger partial charge in [-0.25, -0.2) is 12.8 Å². The largest absolute Gasteiger partial charge is 0.497 e. The van der Waals surface area contributed by atoms with Crippen LogP contribution in [0.25, 0.3) is 0 Å². The zero-order valence-electron chi connectivity index (χ0n) is 18.5. The first kappa shape index (κ1) is 24.2. The van der Waals surface area contributed by atoms with Gasteiger partial charge in [-0.05, 0) is 48.9 Å². The van der Waals surface area contributed by atoms with Crippen molar-refractivity contribution in [2.24, 2.45) is 0 Å². The molecule has 1 amide bonds. The summed E-state index contributed by atoms with van der Waals surface area (Å²) in [4.78, 5) is 12.9. The van der Waals surface area contributed by atoms with Crippen LogP contribution < -0.4 is 14.8 Å². The number of benzene rings is 3. The molecule has 1 N–H and O–H groups in total. The van der Waals surface area contributed by atoms with Crippen LogP contribution in [0.3, 0.4) is 0 Å². The van der Waals surface area contributed by atoms with E-state index >= 15 is 0 Å². The normalized spacial score (nSPS) is 11.3. The second kappa shape index (κ2) is 10.5. The van der Waals surface area contributed by atoms with Crippen molar-refractivity contribution >= 4 is 21.6 Å². The Balaban J connectivity index is 1.88. The molecule has 3 rings (SSSR count). The Morgan fingerprint density at radius 3 is 2.24 bits per heavy atom. The summed E-state index contributed by atoms with van der Waals surface area (Å²) in [5.41, 5.74) is 1.82. The van der Waals surface area contributed by atoms with Gasteiger partial charge in [0.1, 0.15) is 17.3 Å². The molecule has 0 aliphatic heterocycles. The van der Waals surface area contributed by atoms with Gasteiger partial charge in [0.25, 0.3) is 0 Å². The van der Waals surface area contributed by atoms with E-state index in [1.165, 1.54) is 50.6 Å². The Bertz CT molecular complexity index is 1210. The lowest BCUT2D eigenvalue weighted by Gasteiger charge is -2.22. The molecular formula is C24H25FN2O5S. The van der Waals surface area contributed by atoms with E-state index in [-0.39, 0.29) is 11.4 Å². The number of ether oxygens (including phenoxy) is 2. The Morgan fingerprint density at radius 2 is 1.64 bits per heavy atom. The van der Waals surface area contributed by atoms with Gasteiger partial charge in [0.05, 0.1) is 31.3 Å². The number of hydrogen-bond donors (Lipinski definition) is 1. The van der Waals surface area contributed by atoms with Crippen LogP contribution in [0.15, 0.2) is 71.6 Å². The monoisotopic (exact) mass is 472 g/mol. The van der Waals surface area contributed by atoms with Gasteiger partial charge in [0, 0.05) is 12.6 Å². The molecule has 3 aromatic carbocycles. The summed E-state index contributed by atoms with van der Waals surface area (Å²) in [6.45, 7) is 1.29. The molecule has 0 atom stereocenters. The number of halogens is 1. The molecule has 0 aliphatic rings. The van der Waals surface area contributed by atoms with Crippen molar-refractivity contribution in [3.05, 3.63) is 83.7 Å². The zero-order valence-corrected chi connectivity index (χ0v) is 19.4. The van der Waals surface area contributed by atoms with Crippen molar-refractivity contribution in [1.29, 1.82) is 0 Å². The van der Waals surface area contributed by atoms with Crippen LogP contribution in [0, 0.1) is 12.7 Å². The molecule has 3 aromatic rings. The lowest BCUT2D eigenvalue weighted by molar-refractivity contribution is -0.116. The van der Waals surface area contributed by atoms with Crippen molar-refractivity contribution in [3.8, 4) is 11.5 Å². The van der Waals surface area contributed by atoms with Crippen LogP contribution in [0.2, 0.25) is 0 Å². The van der Waals surface area contributed by atoms with Gasteiger partial charge < -0.3 is 14.8 Å². The topological polar surface area (TPSA) is 84.9 Å². The lowest BCUT2D eigenvalue weighted by Crippen LogP contribution is -2.37. The van der Waals surface area contributed by atoms with Crippen LogP contribution in [0.1, 0.15) is 11.1 Å². The fourth-order valence-electron chi connectivity index (χ4n) is 3.13. The van der Waals surface area contributed by atoms with Crippen molar-refractivity contribution in [2.45, 2.75) is 18.4 Å². The lowest BCUT2D eigenvalue weighted by atomic mass is 10.2. The number of nitrogens with one attached hydrogen (secondary N) is 1. The summed E-state index contributed by atoms with van der Waals surface area (Å²) in [7, 11) is -1.05. The van der Waals surface area contributed by atoms with E-state index < -0.39 is 28.3 Å². The minimum atomic E-state index is -4.01. The Hall–Kier alpha value is -3.43. The quantitative estimate of drug-likeness (QED) is 0.509.